The van der Waals surface area contributed by atoms with E-state index in [1.54, 1.807) is 41.7 Å². The van der Waals surface area contributed by atoms with Crippen molar-refractivity contribution in [2.24, 2.45) is 5.10 Å². The van der Waals surface area contributed by atoms with E-state index in [1.165, 1.54) is 11.8 Å². The van der Waals surface area contributed by atoms with Crippen molar-refractivity contribution < 1.29 is 33.4 Å². The number of anilines is 5. The van der Waals surface area contributed by atoms with Crippen LogP contribution in [0, 0.1) is 6.92 Å². The first-order valence-electron chi connectivity index (χ1n) is 24.1. The Bertz CT molecular complexity index is 2910. The second kappa shape index (κ2) is 21.0. The summed E-state index contributed by atoms with van der Waals surface area (Å²) in [7, 11) is 8.86. The molecule has 370 valence electrons. The van der Waals surface area contributed by atoms with Gasteiger partial charge in [0.15, 0.2) is 11.5 Å². The number of aryl methyl sites for hydroxylation is 1. The Balaban J connectivity index is 0.938. The van der Waals surface area contributed by atoms with Gasteiger partial charge in [-0.3, -0.25) is 19.2 Å². The molecule has 9 rings (SSSR count). The first-order chi connectivity index (χ1) is 34.2. The average Bonchev–Trinajstić information content (AvgIpc) is 3.86. The summed E-state index contributed by atoms with van der Waals surface area (Å²) in [5.74, 6) is 1.84. The van der Waals surface area contributed by atoms with Crippen molar-refractivity contribution in [3.63, 3.8) is 0 Å². The Morgan fingerprint density at radius 1 is 0.732 bits per heavy atom. The molecular formula is C55H61N7O7S2. The van der Waals surface area contributed by atoms with Gasteiger partial charge in [-0.2, -0.15) is 5.10 Å². The first kappa shape index (κ1) is 49.3. The summed E-state index contributed by atoms with van der Waals surface area (Å²) in [6.07, 6.45) is 4.37. The van der Waals surface area contributed by atoms with E-state index in [4.69, 9.17) is 14.2 Å². The van der Waals surface area contributed by atoms with Gasteiger partial charge in [-0.15, -0.1) is 0 Å². The van der Waals surface area contributed by atoms with Crippen LogP contribution in [0.5, 0.6) is 17.2 Å². The average molecular weight is 996 g/mol. The van der Waals surface area contributed by atoms with Crippen molar-refractivity contribution in [1.82, 2.24) is 5.43 Å². The van der Waals surface area contributed by atoms with Gasteiger partial charge in [0.05, 0.1) is 41.7 Å². The number of nitrogens with one attached hydrogen (secondary N) is 2. The molecule has 0 spiro atoms. The Hall–Kier alpha value is -6.65. The fourth-order valence-corrected chi connectivity index (χ4v) is 12.6. The van der Waals surface area contributed by atoms with Crippen LogP contribution >= 0.6 is 21.6 Å². The van der Waals surface area contributed by atoms with E-state index >= 15 is 0 Å². The molecule has 0 radical (unpaired) electrons. The Morgan fingerprint density at radius 2 is 1.30 bits per heavy atom. The van der Waals surface area contributed by atoms with E-state index in [1.807, 2.05) is 104 Å². The van der Waals surface area contributed by atoms with Gasteiger partial charge in [0, 0.05) is 85.9 Å². The zero-order valence-corrected chi connectivity index (χ0v) is 43.0. The van der Waals surface area contributed by atoms with Gasteiger partial charge in [0.25, 0.3) is 11.8 Å². The van der Waals surface area contributed by atoms with E-state index in [2.05, 4.69) is 51.6 Å². The quantitative estimate of drug-likeness (QED) is 0.0398. The molecule has 0 bridgehead atoms. The van der Waals surface area contributed by atoms with Gasteiger partial charge in [-0.05, 0) is 117 Å². The number of fused-ring (bicyclic) bond motifs is 8. The highest BCUT2D eigenvalue weighted by atomic mass is 33.1. The summed E-state index contributed by atoms with van der Waals surface area (Å²) in [4.78, 5) is 62.3. The zero-order chi connectivity index (χ0) is 50.0. The summed E-state index contributed by atoms with van der Waals surface area (Å²) >= 11 is 0. The van der Waals surface area contributed by atoms with Crippen LogP contribution < -0.4 is 44.6 Å². The molecule has 4 amide bonds. The number of amides is 4. The lowest BCUT2D eigenvalue weighted by Gasteiger charge is -2.25. The topological polar surface area (TPSA) is 145 Å². The molecule has 16 heteroatoms. The van der Waals surface area contributed by atoms with Crippen LogP contribution in [0.3, 0.4) is 0 Å². The number of hydrogen-bond acceptors (Lipinski definition) is 12. The van der Waals surface area contributed by atoms with Crippen molar-refractivity contribution in [3.05, 3.63) is 130 Å². The van der Waals surface area contributed by atoms with Crippen LogP contribution in [0.4, 0.5) is 28.4 Å². The lowest BCUT2D eigenvalue weighted by molar-refractivity contribution is -0.120. The third-order valence-electron chi connectivity index (χ3n) is 13.5. The van der Waals surface area contributed by atoms with Crippen LogP contribution in [0.1, 0.15) is 88.6 Å². The first-order valence-corrected chi connectivity index (χ1v) is 26.4. The predicted molar refractivity (Wildman–Crippen MR) is 286 cm³/mol. The third kappa shape index (κ3) is 10.7. The highest BCUT2D eigenvalue weighted by Gasteiger charge is 2.41. The van der Waals surface area contributed by atoms with E-state index in [0.717, 1.165) is 57.8 Å². The Labute approximate surface area is 423 Å². The number of likely N-dealkylation sites (N-methyl/N-ethyl adjacent to an activating group) is 2. The summed E-state index contributed by atoms with van der Waals surface area (Å²) in [6.45, 7) is 9.53. The number of hydrazone groups is 1. The summed E-state index contributed by atoms with van der Waals surface area (Å²) in [5, 5.41) is 6.93. The number of ether oxygens (including phenoxy) is 3. The molecule has 0 fully saturated rings. The molecule has 5 aromatic rings. The molecule has 2 atom stereocenters. The number of methoxy groups -OCH3 is 1. The van der Waals surface area contributed by atoms with Gasteiger partial charge in [-0.1, -0.05) is 58.0 Å². The molecule has 0 saturated carbocycles. The fraction of sp³-hybridized carbons (Fsp3) is 0.364. The maximum atomic E-state index is 14.3. The van der Waals surface area contributed by atoms with Crippen molar-refractivity contribution in [3.8, 4) is 17.2 Å². The molecule has 0 unspecified atom stereocenters. The number of rotatable bonds is 17. The Morgan fingerprint density at radius 3 is 1.89 bits per heavy atom. The van der Waals surface area contributed by atoms with Crippen LogP contribution in [-0.4, -0.2) is 86.7 Å². The number of benzene rings is 5. The molecule has 0 saturated heterocycles. The second-order valence-corrected chi connectivity index (χ2v) is 22.4. The predicted octanol–water partition coefficient (Wildman–Crippen LogP) is 9.59. The minimum Gasteiger partial charge on any atom is -0.493 e. The minimum absolute atomic E-state index is 0.00495. The lowest BCUT2D eigenvalue weighted by Crippen LogP contribution is -2.41. The molecule has 4 aliphatic rings. The standard InChI is InChI=1S/C55H61N7O7S2/c1-8-56-58-52(64)18-20-70-71-55(3,4)19-17-51(63)57-39-23-35(32-68-48-28-46-42(21-34(48)2)53(65)61-40(30-59(46)5)25-37-13-9-11-15-44(37)61)22-36(24-39)33-69-50-29-47-43(27-49(50)67-7)54(66)62-41(31-60(47)6)26-38-14-10-12-16-45(38)62/h8-16,21-24,27-29,40-41H,17-20,25-26,30-33H2,1-7H3,(H,57,63)(H,58,64)/b56-8-/t40-,41-/m0/s1. The summed E-state index contributed by atoms with van der Waals surface area (Å²) in [5.41, 5.74) is 12.5. The van der Waals surface area contributed by atoms with Gasteiger partial charge in [-0.25, -0.2) is 5.43 Å². The van der Waals surface area contributed by atoms with Crippen LogP contribution in [-0.2, 0) is 35.6 Å². The van der Waals surface area contributed by atoms with E-state index in [9.17, 15) is 19.2 Å². The monoisotopic (exact) mass is 995 g/mol. The number of carbonyl (C=O) groups is 4. The molecule has 4 heterocycles. The Kier molecular flexibility index (Phi) is 14.6. The highest BCUT2D eigenvalue weighted by molar-refractivity contribution is 8.77. The van der Waals surface area contributed by atoms with Gasteiger partial charge in [0.2, 0.25) is 11.8 Å². The SMILES string of the molecule is C/C=N\NC(=O)CCSSC(C)(C)CCC(=O)Nc1cc(COc2cc3c(cc2C)C(=O)N2c4ccccc4C[C@H]2CN3C)cc(COc2cc3c(cc2OC)C(=O)N2c4ccccc4C[C@H]2CN3C)c1. The van der Waals surface area contributed by atoms with Gasteiger partial charge < -0.3 is 39.1 Å². The maximum Gasteiger partial charge on any atom is 0.260 e. The normalized spacial score (nSPS) is 16.9. The molecular weight excluding hydrogens is 935 g/mol. The van der Waals surface area contributed by atoms with E-state index in [0.29, 0.717) is 65.7 Å². The van der Waals surface area contributed by atoms with Crippen molar-refractivity contribution in [2.45, 2.75) is 89.8 Å². The number of para-hydroxylation sites is 2. The summed E-state index contributed by atoms with van der Waals surface area (Å²) in [6, 6.07) is 29.6. The van der Waals surface area contributed by atoms with Crippen LogP contribution in [0.15, 0.2) is 96.1 Å². The van der Waals surface area contributed by atoms with E-state index < -0.39 is 0 Å². The maximum absolute atomic E-state index is 14.3. The van der Waals surface area contributed by atoms with E-state index in [-0.39, 0.29) is 60.1 Å². The lowest BCUT2D eigenvalue weighted by atomic mass is 10.1. The molecule has 0 aliphatic carbocycles. The fourth-order valence-electron chi connectivity index (χ4n) is 10.0. The van der Waals surface area contributed by atoms with Crippen LogP contribution in [0.2, 0.25) is 0 Å². The number of hydrogen-bond donors (Lipinski definition) is 2. The summed E-state index contributed by atoms with van der Waals surface area (Å²) < 4.78 is 18.8. The molecule has 0 aromatic heterocycles. The molecule has 4 aliphatic heterocycles. The number of nitrogens with zero attached hydrogens (tertiary/aromatic N) is 5. The molecule has 5 aromatic carbocycles. The van der Waals surface area contributed by atoms with Gasteiger partial charge in [0.1, 0.15) is 19.0 Å². The number of carbonyl (C=O) groups excluding carboxylic acids is 4. The molecule has 14 nitrogen and oxygen atoms in total. The van der Waals surface area contributed by atoms with Crippen molar-refractivity contribution >= 4 is 79.9 Å². The molecule has 2 N–H and O–H groups in total. The van der Waals surface area contributed by atoms with Gasteiger partial charge >= 0.3 is 0 Å². The minimum atomic E-state index is -0.230. The third-order valence-corrected chi connectivity index (χ3v) is 16.9. The van der Waals surface area contributed by atoms with Crippen molar-refractivity contribution in [2.75, 3.05) is 65.0 Å². The molecule has 71 heavy (non-hydrogen) atoms. The highest BCUT2D eigenvalue weighted by Crippen LogP contribution is 2.44. The van der Waals surface area contributed by atoms with Crippen LogP contribution in [0.25, 0.3) is 0 Å². The zero-order valence-electron chi connectivity index (χ0n) is 41.4. The smallest absolute Gasteiger partial charge is 0.260 e. The second-order valence-electron chi connectivity index (χ2n) is 19.2. The van der Waals surface area contributed by atoms with Crippen molar-refractivity contribution in [1.29, 1.82) is 0 Å². The largest absolute Gasteiger partial charge is 0.493 e.